The molecule has 0 heterocycles. The summed E-state index contributed by atoms with van der Waals surface area (Å²) in [6, 6.07) is 62.3. The highest BCUT2D eigenvalue weighted by atomic mass is 14.2. The van der Waals surface area contributed by atoms with Crippen molar-refractivity contribution in [1.29, 1.82) is 0 Å². The Morgan fingerprint density at radius 2 is 0.795 bits per heavy atom. The van der Waals surface area contributed by atoms with Crippen LogP contribution in [0.15, 0.2) is 170 Å². The Hall–Kier alpha value is -5.72. The summed E-state index contributed by atoms with van der Waals surface area (Å²) >= 11 is 0. The third kappa shape index (κ3) is 3.85. The molecule has 9 aromatic rings. The van der Waals surface area contributed by atoms with E-state index in [-0.39, 0.29) is 0 Å². The molecule has 0 heteroatoms. The van der Waals surface area contributed by atoms with Gasteiger partial charge in [-0.1, -0.05) is 152 Å². The van der Waals surface area contributed by atoms with Crippen LogP contribution in [0.5, 0.6) is 0 Å². The minimum absolute atomic E-state index is 1.23. The molecule has 0 bridgehead atoms. The molecular weight excluding hydrogens is 528 g/mol. The maximum Gasteiger partial charge on any atom is -0.00199 e. The summed E-state index contributed by atoms with van der Waals surface area (Å²) in [5, 5.41) is 12.9. The summed E-state index contributed by atoms with van der Waals surface area (Å²) in [7, 11) is 0. The topological polar surface area (TPSA) is 0 Å². The van der Waals surface area contributed by atoms with Gasteiger partial charge in [-0.15, -0.1) is 0 Å². The van der Waals surface area contributed by atoms with Crippen molar-refractivity contribution >= 4 is 53.9 Å². The zero-order chi connectivity index (χ0) is 29.0. The molecule has 0 aliphatic carbocycles. The van der Waals surface area contributed by atoms with Gasteiger partial charge >= 0.3 is 0 Å². The van der Waals surface area contributed by atoms with Crippen LogP contribution in [-0.4, -0.2) is 0 Å². The van der Waals surface area contributed by atoms with E-state index in [9.17, 15) is 0 Å². The van der Waals surface area contributed by atoms with Gasteiger partial charge in [0.2, 0.25) is 0 Å². The summed E-state index contributed by atoms with van der Waals surface area (Å²) in [5.74, 6) is 0. The van der Waals surface area contributed by atoms with Gasteiger partial charge in [0, 0.05) is 0 Å². The van der Waals surface area contributed by atoms with Crippen LogP contribution in [0.2, 0.25) is 0 Å². The molecule has 204 valence electrons. The van der Waals surface area contributed by atoms with Gasteiger partial charge in [-0.05, 0) is 105 Å². The van der Waals surface area contributed by atoms with Crippen molar-refractivity contribution in [2.75, 3.05) is 0 Å². The Labute approximate surface area is 256 Å². The minimum atomic E-state index is 1.23. The van der Waals surface area contributed by atoms with Gasteiger partial charge in [0.1, 0.15) is 0 Å². The van der Waals surface area contributed by atoms with E-state index in [0.717, 1.165) is 0 Å². The van der Waals surface area contributed by atoms with Crippen LogP contribution in [0.4, 0.5) is 0 Å². The van der Waals surface area contributed by atoms with Gasteiger partial charge in [-0.2, -0.15) is 0 Å². The molecule has 0 saturated heterocycles. The second-order valence-electron chi connectivity index (χ2n) is 11.7. The first-order valence-corrected chi connectivity index (χ1v) is 15.3. The second kappa shape index (κ2) is 9.93. The summed E-state index contributed by atoms with van der Waals surface area (Å²) in [5.41, 5.74) is 7.49. The minimum Gasteiger partial charge on any atom is -0.0622 e. The predicted octanol–water partition coefficient (Wildman–Crippen LogP) is 12.5. The number of hydrogen-bond donors (Lipinski definition) is 0. The number of rotatable bonds is 3. The van der Waals surface area contributed by atoms with Crippen LogP contribution in [0.25, 0.3) is 87.2 Å². The smallest absolute Gasteiger partial charge is 0.00199 e. The van der Waals surface area contributed by atoms with E-state index in [2.05, 4.69) is 170 Å². The van der Waals surface area contributed by atoms with E-state index < -0.39 is 0 Å². The third-order valence-electron chi connectivity index (χ3n) is 9.22. The third-order valence-corrected chi connectivity index (χ3v) is 9.22. The number of fused-ring (bicyclic) bond motifs is 9. The molecule has 0 saturated carbocycles. The fourth-order valence-electron chi connectivity index (χ4n) is 7.20. The lowest BCUT2D eigenvalue weighted by Gasteiger charge is -2.17. The van der Waals surface area contributed by atoms with E-state index >= 15 is 0 Å². The number of hydrogen-bond acceptors (Lipinski definition) is 0. The Morgan fingerprint density at radius 3 is 1.64 bits per heavy atom. The SMILES string of the molecule is c1ccc(-c2cccc(-c3cc4c5ccccc5c5cc(-c6cccc7ccccc67)ccc5c4c4ccccc34)c2)cc1. The normalized spacial score (nSPS) is 11.6. The molecule has 0 atom stereocenters. The van der Waals surface area contributed by atoms with Crippen molar-refractivity contribution in [1.82, 2.24) is 0 Å². The van der Waals surface area contributed by atoms with Crippen LogP contribution in [0.1, 0.15) is 0 Å². The molecule has 0 amide bonds. The van der Waals surface area contributed by atoms with Crippen LogP contribution in [-0.2, 0) is 0 Å². The molecule has 0 fully saturated rings. The van der Waals surface area contributed by atoms with E-state index in [4.69, 9.17) is 0 Å². The van der Waals surface area contributed by atoms with Gasteiger partial charge in [-0.25, -0.2) is 0 Å². The summed E-state index contributed by atoms with van der Waals surface area (Å²) < 4.78 is 0. The van der Waals surface area contributed by atoms with Crippen molar-refractivity contribution < 1.29 is 0 Å². The van der Waals surface area contributed by atoms with Gasteiger partial charge in [0.15, 0.2) is 0 Å². The van der Waals surface area contributed by atoms with Crippen LogP contribution >= 0.6 is 0 Å². The molecule has 9 aromatic carbocycles. The summed E-state index contributed by atoms with van der Waals surface area (Å²) in [6.07, 6.45) is 0. The van der Waals surface area contributed by atoms with Crippen LogP contribution in [0.3, 0.4) is 0 Å². The average Bonchev–Trinajstić information content (AvgIpc) is 3.11. The van der Waals surface area contributed by atoms with Crippen molar-refractivity contribution in [3.63, 3.8) is 0 Å². The van der Waals surface area contributed by atoms with E-state index in [0.29, 0.717) is 0 Å². The van der Waals surface area contributed by atoms with E-state index in [1.807, 2.05) is 0 Å². The zero-order valence-corrected chi connectivity index (χ0v) is 24.2. The first kappa shape index (κ1) is 24.8. The predicted molar refractivity (Wildman–Crippen MR) is 190 cm³/mol. The molecule has 0 spiro atoms. The van der Waals surface area contributed by atoms with E-state index in [1.54, 1.807) is 0 Å². The van der Waals surface area contributed by atoms with Crippen LogP contribution < -0.4 is 0 Å². The van der Waals surface area contributed by atoms with Gasteiger partial charge in [0.25, 0.3) is 0 Å². The molecule has 0 nitrogen and oxygen atoms in total. The Bertz CT molecular complexity index is 2530. The molecule has 0 aliphatic heterocycles. The monoisotopic (exact) mass is 556 g/mol. The maximum atomic E-state index is 2.43. The zero-order valence-electron chi connectivity index (χ0n) is 24.2. The van der Waals surface area contributed by atoms with Gasteiger partial charge < -0.3 is 0 Å². The first-order chi connectivity index (χ1) is 21.8. The molecular formula is C44H28. The highest BCUT2D eigenvalue weighted by molar-refractivity contribution is 6.33. The fraction of sp³-hybridized carbons (Fsp3) is 0. The molecule has 0 N–H and O–H groups in total. The Kier molecular flexibility index (Phi) is 5.61. The lowest BCUT2D eigenvalue weighted by molar-refractivity contribution is 1.61. The molecule has 0 aromatic heterocycles. The van der Waals surface area contributed by atoms with Crippen molar-refractivity contribution in [3.8, 4) is 33.4 Å². The highest BCUT2D eigenvalue weighted by Gasteiger charge is 2.16. The number of benzene rings is 9. The Balaban J connectivity index is 1.36. The lowest BCUT2D eigenvalue weighted by Crippen LogP contribution is -1.90. The molecule has 0 radical (unpaired) electrons. The van der Waals surface area contributed by atoms with Crippen molar-refractivity contribution in [3.05, 3.63) is 170 Å². The first-order valence-electron chi connectivity index (χ1n) is 15.3. The molecule has 0 aliphatic rings. The van der Waals surface area contributed by atoms with Crippen LogP contribution in [0, 0.1) is 0 Å². The van der Waals surface area contributed by atoms with Gasteiger partial charge in [0.05, 0.1) is 0 Å². The lowest BCUT2D eigenvalue weighted by atomic mass is 9.86. The average molecular weight is 557 g/mol. The molecule has 44 heavy (non-hydrogen) atoms. The largest absolute Gasteiger partial charge is 0.0622 e. The molecule has 9 rings (SSSR count). The Morgan fingerprint density at radius 1 is 0.227 bits per heavy atom. The van der Waals surface area contributed by atoms with E-state index in [1.165, 1.54) is 87.2 Å². The molecule has 0 unspecified atom stereocenters. The maximum absolute atomic E-state index is 2.43. The van der Waals surface area contributed by atoms with Gasteiger partial charge in [-0.3, -0.25) is 0 Å². The summed E-state index contributed by atoms with van der Waals surface area (Å²) in [6.45, 7) is 0. The van der Waals surface area contributed by atoms with Crippen molar-refractivity contribution in [2.24, 2.45) is 0 Å². The standard InChI is InChI=1S/C44H28/c1-2-12-29(13-3-1)31-16-10-17-32(26-31)41-28-43-37-20-7-6-19-36(37)42-27-33(35-23-11-15-30-14-4-5-18-34(30)35)24-25-40(42)44(43)39-22-9-8-21-38(39)41/h1-28H. The fourth-order valence-corrected chi connectivity index (χ4v) is 7.20. The second-order valence-corrected chi connectivity index (χ2v) is 11.7. The highest BCUT2D eigenvalue weighted by Crippen LogP contribution is 2.44. The van der Waals surface area contributed by atoms with Crippen molar-refractivity contribution in [2.45, 2.75) is 0 Å². The quantitative estimate of drug-likeness (QED) is 0.190. The summed E-state index contributed by atoms with van der Waals surface area (Å²) in [4.78, 5) is 0.